The zero-order valence-corrected chi connectivity index (χ0v) is 23.9. The van der Waals surface area contributed by atoms with Gasteiger partial charge in [0.2, 0.25) is 0 Å². The van der Waals surface area contributed by atoms with Gasteiger partial charge in [-0.1, -0.05) is 97.1 Å². The first kappa shape index (κ1) is 22.6. The lowest BCUT2D eigenvalue weighted by Gasteiger charge is -2.43. The van der Waals surface area contributed by atoms with Crippen molar-refractivity contribution >= 4 is 89.4 Å². The summed E-state index contributed by atoms with van der Waals surface area (Å²) in [7, 11) is 0. The van der Waals surface area contributed by atoms with Gasteiger partial charge in [-0.2, -0.15) is 0 Å². The summed E-state index contributed by atoms with van der Waals surface area (Å²) in [4.78, 5) is 2.46. The highest BCUT2D eigenvalue weighted by molar-refractivity contribution is 6.90. The van der Waals surface area contributed by atoms with Crippen LogP contribution in [0.15, 0.2) is 132 Å². The largest absolute Gasteiger partial charge is 0.456 e. The van der Waals surface area contributed by atoms with Crippen molar-refractivity contribution in [3.63, 3.8) is 0 Å². The molecule has 7 aromatic carbocycles. The van der Waals surface area contributed by atoms with Crippen LogP contribution in [0.5, 0.6) is 11.5 Å². The first-order valence-electron chi connectivity index (χ1n) is 15.5. The molecule has 0 fully saturated rings. The smallest absolute Gasteiger partial charge is 0.333 e. The predicted molar refractivity (Wildman–Crippen MR) is 185 cm³/mol. The minimum absolute atomic E-state index is 0.0613. The molecule has 2 aromatic heterocycles. The molecule has 0 amide bonds. The number of aromatic nitrogens is 1. The van der Waals surface area contributed by atoms with Crippen molar-refractivity contribution < 1.29 is 9.15 Å². The molecule has 3 aliphatic rings. The van der Waals surface area contributed by atoms with Crippen molar-refractivity contribution in [3.8, 4) is 22.6 Å². The molecule has 0 atom stereocenters. The lowest BCUT2D eigenvalue weighted by Crippen LogP contribution is -2.57. The number of hydrogen-bond acceptors (Lipinski definition) is 3. The second-order valence-corrected chi connectivity index (χ2v) is 12.4. The molecular weight excluding hydrogens is 551 g/mol. The molecule has 0 saturated heterocycles. The highest BCUT2D eigenvalue weighted by Crippen LogP contribution is 2.55. The Labute approximate surface area is 257 Å². The van der Waals surface area contributed by atoms with Crippen LogP contribution in [-0.4, -0.2) is 11.3 Å². The molecule has 0 radical (unpaired) electrons. The van der Waals surface area contributed by atoms with Crippen molar-refractivity contribution in [2.75, 3.05) is 4.90 Å². The molecule has 4 nitrogen and oxygen atoms in total. The lowest BCUT2D eigenvalue weighted by atomic mass is 9.44. The van der Waals surface area contributed by atoms with Gasteiger partial charge < -0.3 is 18.5 Å². The van der Waals surface area contributed by atoms with Crippen LogP contribution in [0.2, 0.25) is 0 Å². The fraction of sp³-hybridized carbons (Fsp3) is 0. The van der Waals surface area contributed by atoms with Crippen LogP contribution in [0.1, 0.15) is 0 Å². The van der Waals surface area contributed by atoms with Gasteiger partial charge in [0, 0.05) is 38.1 Å². The van der Waals surface area contributed by atoms with Crippen molar-refractivity contribution in [2.24, 2.45) is 0 Å². The minimum Gasteiger partial charge on any atom is -0.456 e. The molecular formula is C40H21BN2O2. The summed E-state index contributed by atoms with van der Waals surface area (Å²) < 4.78 is 16.0. The van der Waals surface area contributed by atoms with Gasteiger partial charge in [0.05, 0.1) is 22.4 Å². The fourth-order valence-electron chi connectivity index (χ4n) is 8.66. The number of ether oxygens (including phenoxy) is 1. The van der Waals surface area contributed by atoms with Crippen molar-refractivity contribution in [1.29, 1.82) is 0 Å². The molecule has 3 aliphatic heterocycles. The summed E-state index contributed by atoms with van der Waals surface area (Å²) in [6.45, 7) is -0.0613. The highest BCUT2D eigenvalue weighted by Gasteiger charge is 2.47. The maximum atomic E-state index is 6.67. The van der Waals surface area contributed by atoms with Gasteiger partial charge in [-0.25, -0.2) is 0 Å². The van der Waals surface area contributed by atoms with E-state index < -0.39 is 0 Å². The zero-order chi connectivity index (χ0) is 29.0. The van der Waals surface area contributed by atoms with Gasteiger partial charge >= 0.3 is 6.85 Å². The Morgan fingerprint density at radius 2 is 1.31 bits per heavy atom. The average Bonchev–Trinajstić information content (AvgIpc) is 3.64. The number of benzene rings is 7. The number of hydrogen-bond donors (Lipinski definition) is 0. The Balaban J connectivity index is 1.37. The molecule has 0 spiro atoms. The quantitative estimate of drug-likeness (QED) is 0.170. The molecule has 0 bridgehead atoms. The highest BCUT2D eigenvalue weighted by atomic mass is 16.5. The molecule has 9 aromatic rings. The van der Waals surface area contributed by atoms with E-state index in [1.165, 1.54) is 60.3 Å². The third-order valence-corrected chi connectivity index (χ3v) is 10.3. The molecule has 12 rings (SSSR count). The van der Waals surface area contributed by atoms with E-state index in [2.05, 4.69) is 131 Å². The Morgan fingerprint density at radius 1 is 0.533 bits per heavy atom. The molecule has 0 saturated carbocycles. The number of rotatable bonds is 0. The first-order valence-corrected chi connectivity index (χ1v) is 15.5. The van der Waals surface area contributed by atoms with E-state index in [4.69, 9.17) is 9.15 Å². The van der Waals surface area contributed by atoms with Gasteiger partial charge in [-0.15, -0.1) is 0 Å². The van der Waals surface area contributed by atoms with Crippen LogP contribution in [0, 0.1) is 0 Å². The Morgan fingerprint density at radius 3 is 2.29 bits per heavy atom. The van der Waals surface area contributed by atoms with Crippen LogP contribution in [0.4, 0.5) is 17.1 Å². The van der Waals surface area contributed by atoms with Crippen molar-refractivity contribution in [1.82, 2.24) is 4.48 Å². The summed E-state index contributed by atoms with van der Waals surface area (Å²) in [6, 6.07) is 45.9. The monoisotopic (exact) mass is 572 g/mol. The molecule has 5 heterocycles. The number of para-hydroxylation sites is 5. The van der Waals surface area contributed by atoms with Crippen LogP contribution in [-0.2, 0) is 0 Å². The van der Waals surface area contributed by atoms with Crippen LogP contribution in [0.3, 0.4) is 0 Å². The van der Waals surface area contributed by atoms with E-state index in [1.807, 2.05) is 6.07 Å². The maximum absolute atomic E-state index is 6.67. The zero-order valence-electron chi connectivity index (χ0n) is 23.9. The van der Waals surface area contributed by atoms with Gasteiger partial charge in [-0.3, -0.25) is 0 Å². The van der Waals surface area contributed by atoms with E-state index in [-0.39, 0.29) is 6.85 Å². The SMILES string of the molecule is c1ccc2c(c1)Oc1cccc3c1N2c1c2c(cc4oc5ccccc5c14)-c1cccc4c5ccc6ccccc6c5n(c14)B32. The summed E-state index contributed by atoms with van der Waals surface area (Å²) in [5.41, 5.74) is 12.7. The van der Waals surface area contributed by atoms with Gasteiger partial charge in [0.25, 0.3) is 0 Å². The van der Waals surface area contributed by atoms with E-state index in [9.17, 15) is 0 Å². The Kier molecular flexibility index (Phi) is 3.80. The molecule has 45 heavy (non-hydrogen) atoms. The van der Waals surface area contributed by atoms with E-state index >= 15 is 0 Å². The van der Waals surface area contributed by atoms with E-state index in [0.29, 0.717) is 0 Å². The number of nitrogens with zero attached hydrogens (tertiary/aromatic N) is 2. The van der Waals surface area contributed by atoms with E-state index in [0.717, 1.165) is 44.8 Å². The number of furan rings is 1. The van der Waals surface area contributed by atoms with Crippen molar-refractivity contribution in [3.05, 3.63) is 127 Å². The second-order valence-electron chi connectivity index (χ2n) is 12.4. The number of fused-ring (bicyclic) bond motifs is 15. The molecule has 5 heteroatoms. The normalized spacial score (nSPS) is 13.9. The third-order valence-electron chi connectivity index (χ3n) is 10.3. The fourth-order valence-corrected chi connectivity index (χ4v) is 8.66. The maximum Gasteiger partial charge on any atom is 0.333 e. The van der Waals surface area contributed by atoms with Crippen LogP contribution in [0.25, 0.3) is 65.6 Å². The average molecular weight is 572 g/mol. The lowest BCUT2D eigenvalue weighted by molar-refractivity contribution is 0.477. The topological polar surface area (TPSA) is 30.5 Å². The summed E-state index contributed by atoms with van der Waals surface area (Å²) in [5.74, 6) is 1.73. The van der Waals surface area contributed by atoms with Crippen LogP contribution >= 0.6 is 0 Å². The third kappa shape index (κ3) is 2.52. The standard InChI is InChI=1S/C40H21BN2O2/c1-2-10-23-22(9-1)19-20-26-24-12-7-13-25-28-21-34-35(27-11-3-5-16-31(27)44-34)40-36(28)41(43(37(23)26)38(24)25)29-14-8-18-33-39(29)42(40)30-15-4-6-17-32(30)45-33/h1-21H. The first-order chi connectivity index (χ1) is 22.3. The minimum atomic E-state index is -0.0613. The Hall–Kier alpha value is -5.94. The van der Waals surface area contributed by atoms with E-state index in [1.54, 1.807) is 0 Å². The Bertz CT molecular complexity index is 2830. The molecule has 206 valence electrons. The summed E-state index contributed by atoms with van der Waals surface area (Å²) in [6.07, 6.45) is 0. The molecule has 0 unspecified atom stereocenters. The van der Waals surface area contributed by atoms with Gasteiger partial charge in [0.15, 0.2) is 11.5 Å². The molecule has 0 aliphatic carbocycles. The van der Waals surface area contributed by atoms with Gasteiger partial charge in [-0.05, 0) is 52.2 Å². The van der Waals surface area contributed by atoms with Gasteiger partial charge in [0.1, 0.15) is 11.2 Å². The summed E-state index contributed by atoms with van der Waals surface area (Å²) in [5, 5.41) is 7.34. The molecule has 0 N–H and O–H groups in total. The van der Waals surface area contributed by atoms with Crippen LogP contribution < -0.4 is 20.6 Å². The van der Waals surface area contributed by atoms with Crippen molar-refractivity contribution in [2.45, 2.75) is 0 Å². The summed E-state index contributed by atoms with van der Waals surface area (Å²) >= 11 is 0. The predicted octanol–water partition coefficient (Wildman–Crippen LogP) is 9.37. The second kappa shape index (κ2) is 7.58. The number of anilines is 3.